The van der Waals surface area contributed by atoms with E-state index < -0.39 is 0 Å². The number of anilines is 1. The van der Waals surface area contributed by atoms with Crippen LogP contribution in [-0.2, 0) is 0 Å². The smallest absolute Gasteiger partial charge is 0.0998 e. The Balaban J connectivity index is 1.75. The maximum atomic E-state index is 9.79. The lowest BCUT2D eigenvalue weighted by Crippen LogP contribution is -2.17. The van der Waals surface area contributed by atoms with Crippen molar-refractivity contribution in [2.45, 2.75) is 19.8 Å². The van der Waals surface area contributed by atoms with Gasteiger partial charge in [-0.25, -0.2) is 0 Å². The predicted octanol–water partition coefficient (Wildman–Crippen LogP) is 5.81. The molecule has 1 aliphatic heterocycles. The van der Waals surface area contributed by atoms with Crippen LogP contribution >= 0.6 is 0 Å². The molecule has 0 unspecified atom stereocenters. The molecule has 0 N–H and O–H groups in total. The van der Waals surface area contributed by atoms with E-state index in [4.69, 9.17) is 0 Å². The minimum atomic E-state index is 0.707. The predicted molar refractivity (Wildman–Crippen MR) is 110 cm³/mol. The van der Waals surface area contributed by atoms with Crippen LogP contribution in [0.5, 0.6) is 0 Å². The van der Waals surface area contributed by atoms with Gasteiger partial charge in [-0.3, -0.25) is 0 Å². The molecule has 26 heavy (non-hydrogen) atoms. The average Bonchev–Trinajstić information content (AvgIpc) is 3.21. The van der Waals surface area contributed by atoms with Gasteiger partial charge in [0.2, 0.25) is 0 Å². The highest BCUT2D eigenvalue weighted by Crippen LogP contribution is 2.29. The van der Waals surface area contributed by atoms with Crippen molar-refractivity contribution in [1.82, 2.24) is 0 Å². The number of allylic oxidation sites excluding steroid dienone is 1. The van der Waals surface area contributed by atoms with Gasteiger partial charge in [0.05, 0.1) is 11.6 Å². The summed E-state index contributed by atoms with van der Waals surface area (Å²) in [4.78, 5) is 2.44. The van der Waals surface area contributed by atoms with Crippen LogP contribution in [0.1, 0.15) is 29.5 Å². The second-order valence-corrected chi connectivity index (χ2v) is 6.93. The lowest BCUT2D eigenvalue weighted by Gasteiger charge is -2.18. The van der Waals surface area contributed by atoms with Crippen LogP contribution in [0, 0.1) is 18.3 Å². The highest BCUT2D eigenvalue weighted by molar-refractivity contribution is 6.01. The Labute approximate surface area is 155 Å². The quantitative estimate of drug-likeness (QED) is 0.445. The maximum Gasteiger partial charge on any atom is 0.0998 e. The van der Waals surface area contributed by atoms with Crippen molar-refractivity contribution in [2.75, 3.05) is 18.0 Å². The third-order valence-corrected chi connectivity index (χ3v) is 5.22. The molecule has 3 aromatic carbocycles. The Bertz CT molecular complexity index is 1010. The van der Waals surface area contributed by atoms with Crippen LogP contribution in [-0.4, -0.2) is 13.1 Å². The van der Waals surface area contributed by atoms with Crippen molar-refractivity contribution in [3.05, 3.63) is 77.4 Å². The molecule has 1 aliphatic rings. The maximum absolute atomic E-state index is 9.79. The molecule has 4 rings (SSSR count). The average molecular weight is 338 g/mol. The van der Waals surface area contributed by atoms with Crippen molar-refractivity contribution < 1.29 is 0 Å². The van der Waals surface area contributed by atoms with Crippen LogP contribution in [0.3, 0.4) is 0 Å². The van der Waals surface area contributed by atoms with Gasteiger partial charge in [0.25, 0.3) is 0 Å². The van der Waals surface area contributed by atoms with Crippen molar-refractivity contribution >= 4 is 28.1 Å². The van der Waals surface area contributed by atoms with Gasteiger partial charge in [0.1, 0.15) is 0 Å². The number of nitrogens with zero attached hydrogens (tertiary/aromatic N) is 2. The highest BCUT2D eigenvalue weighted by Gasteiger charge is 2.13. The van der Waals surface area contributed by atoms with Crippen LogP contribution in [0.15, 0.2) is 60.7 Å². The second-order valence-electron chi connectivity index (χ2n) is 6.93. The van der Waals surface area contributed by atoms with E-state index in [2.05, 4.69) is 54.3 Å². The molecule has 1 fully saturated rings. The van der Waals surface area contributed by atoms with Gasteiger partial charge in [-0.15, -0.1) is 0 Å². The van der Waals surface area contributed by atoms with Crippen molar-refractivity contribution in [1.29, 1.82) is 5.26 Å². The molecule has 0 aliphatic carbocycles. The van der Waals surface area contributed by atoms with Gasteiger partial charge in [-0.1, -0.05) is 48.5 Å². The summed E-state index contributed by atoms with van der Waals surface area (Å²) in [6.45, 7) is 4.42. The molecule has 0 atom stereocenters. The van der Waals surface area contributed by atoms with Crippen LogP contribution < -0.4 is 4.90 Å². The van der Waals surface area contributed by atoms with Crippen molar-refractivity contribution in [3.8, 4) is 6.07 Å². The van der Waals surface area contributed by atoms with E-state index in [1.165, 1.54) is 24.1 Å². The van der Waals surface area contributed by atoms with E-state index in [0.717, 1.165) is 35.0 Å². The van der Waals surface area contributed by atoms with E-state index in [0.29, 0.717) is 5.57 Å². The molecule has 2 heteroatoms. The summed E-state index contributed by atoms with van der Waals surface area (Å²) in [6, 6.07) is 23.3. The van der Waals surface area contributed by atoms with E-state index in [1.54, 1.807) is 0 Å². The molecule has 3 aromatic rings. The van der Waals surface area contributed by atoms with Crippen LogP contribution in [0.4, 0.5) is 5.69 Å². The molecule has 0 saturated carbocycles. The highest BCUT2D eigenvalue weighted by atomic mass is 15.1. The molecule has 0 spiro atoms. The van der Waals surface area contributed by atoms with Crippen LogP contribution in [0.25, 0.3) is 22.4 Å². The first-order valence-corrected chi connectivity index (χ1v) is 9.22. The first-order valence-electron chi connectivity index (χ1n) is 9.22. The van der Waals surface area contributed by atoms with Gasteiger partial charge in [0, 0.05) is 24.3 Å². The van der Waals surface area contributed by atoms with Gasteiger partial charge < -0.3 is 4.90 Å². The molecule has 1 heterocycles. The normalized spacial score (nSPS) is 14.6. The minimum Gasteiger partial charge on any atom is -0.372 e. The third-order valence-electron chi connectivity index (χ3n) is 5.22. The first kappa shape index (κ1) is 16.4. The SMILES string of the molecule is Cc1cc(N2CCCC2)ccc1/C=C(/C#N)c1cccc2ccccc12. The Morgan fingerprint density at radius 2 is 1.77 bits per heavy atom. The largest absolute Gasteiger partial charge is 0.372 e. The lowest BCUT2D eigenvalue weighted by molar-refractivity contribution is 0.949. The number of aryl methyl sites for hydroxylation is 1. The number of benzene rings is 3. The number of hydrogen-bond donors (Lipinski definition) is 0. The van der Waals surface area contributed by atoms with E-state index in [-0.39, 0.29) is 0 Å². The Hall–Kier alpha value is -3.05. The van der Waals surface area contributed by atoms with Crippen molar-refractivity contribution in [3.63, 3.8) is 0 Å². The molecule has 2 nitrogen and oxygen atoms in total. The minimum absolute atomic E-state index is 0.707. The summed E-state index contributed by atoms with van der Waals surface area (Å²) in [5.74, 6) is 0. The second kappa shape index (κ2) is 7.06. The number of fused-ring (bicyclic) bond motifs is 1. The molecule has 0 bridgehead atoms. The Morgan fingerprint density at radius 3 is 2.54 bits per heavy atom. The zero-order valence-electron chi connectivity index (χ0n) is 15.1. The molecule has 1 saturated heterocycles. The third kappa shape index (κ3) is 3.09. The molecule has 0 aromatic heterocycles. The molecular formula is C24H22N2. The molecule has 0 amide bonds. The van der Waals surface area contributed by atoms with E-state index >= 15 is 0 Å². The molecule has 128 valence electrons. The summed E-state index contributed by atoms with van der Waals surface area (Å²) in [7, 11) is 0. The fourth-order valence-electron chi connectivity index (χ4n) is 3.78. The summed E-state index contributed by atoms with van der Waals surface area (Å²) < 4.78 is 0. The Kier molecular flexibility index (Phi) is 4.46. The monoisotopic (exact) mass is 338 g/mol. The topological polar surface area (TPSA) is 27.0 Å². The number of nitriles is 1. The number of rotatable bonds is 3. The summed E-state index contributed by atoms with van der Waals surface area (Å²) in [5.41, 5.74) is 5.31. The standard InChI is InChI=1S/C24H22N2/c1-18-15-22(26-13-4-5-14-26)12-11-20(18)16-21(17-25)24-10-6-8-19-7-2-3-9-23(19)24/h2-3,6-12,15-16H,4-5,13-14H2,1H3/b21-16-. The van der Waals surface area contributed by atoms with Crippen molar-refractivity contribution in [2.24, 2.45) is 0 Å². The fourth-order valence-corrected chi connectivity index (χ4v) is 3.78. The molecular weight excluding hydrogens is 316 g/mol. The van der Waals surface area contributed by atoms with Gasteiger partial charge in [-0.05, 0) is 59.9 Å². The summed E-state index contributed by atoms with van der Waals surface area (Å²) >= 11 is 0. The van der Waals surface area contributed by atoms with E-state index in [1.807, 2.05) is 30.3 Å². The van der Waals surface area contributed by atoms with E-state index in [9.17, 15) is 5.26 Å². The van der Waals surface area contributed by atoms with Gasteiger partial charge in [-0.2, -0.15) is 5.26 Å². The van der Waals surface area contributed by atoms with Gasteiger partial charge in [0.15, 0.2) is 0 Å². The zero-order chi connectivity index (χ0) is 17.9. The summed E-state index contributed by atoms with van der Waals surface area (Å²) in [6.07, 6.45) is 4.57. The Morgan fingerprint density at radius 1 is 1.00 bits per heavy atom. The first-order chi connectivity index (χ1) is 12.8. The van der Waals surface area contributed by atoms with Gasteiger partial charge >= 0.3 is 0 Å². The number of hydrogen-bond acceptors (Lipinski definition) is 2. The van der Waals surface area contributed by atoms with Crippen LogP contribution in [0.2, 0.25) is 0 Å². The fraction of sp³-hybridized carbons (Fsp3) is 0.208. The lowest BCUT2D eigenvalue weighted by atomic mass is 9.96. The molecule has 0 radical (unpaired) electrons. The zero-order valence-corrected chi connectivity index (χ0v) is 15.1. The summed E-state index contributed by atoms with van der Waals surface area (Å²) in [5, 5.41) is 12.1.